The lowest BCUT2D eigenvalue weighted by Crippen LogP contribution is -2.39. The van der Waals surface area contributed by atoms with Gasteiger partial charge in [-0.1, -0.05) is 60.7 Å². The minimum Gasteiger partial charge on any atom is -0.482 e. The van der Waals surface area contributed by atoms with Gasteiger partial charge in [-0.3, -0.25) is 9.59 Å². The molecular formula is C25H25NO4. The number of ether oxygens (including phenoxy) is 1. The third kappa shape index (κ3) is 4.98. The Morgan fingerprint density at radius 2 is 1.60 bits per heavy atom. The summed E-state index contributed by atoms with van der Waals surface area (Å²) in [6.07, 6.45) is 4.17. The van der Waals surface area contributed by atoms with E-state index in [2.05, 4.69) is 24.3 Å². The van der Waals surface area contributed by atoms with E-state index in [1.54, 1.807) is 4.90 Å². The van der Waals surface area contributed by atoms with Crippen LogP contribution < -0.4 is 10.2 Å². The number of nitrogens with zero attached hydrogens (tertiary/aromatic N) is 1. The van der Waals surface area contributed by atoms with E-state index in [1.807, 2.05) is 36.4 Å². The third-order valence-electron chi connectivity index (χ3n) is 5.51. The summed E-state index contributed by atoms with van der Waals surface area (Å²) in [7, 11) is 0. The largest absolute Gasteiger partial charge is 0.482 e. The van der Waals surface area contributed by atoms with Gasteiger partial charge in [-0.2, -0.15) is 0 Å². The second-order valence-corrected chi connectivity index (χ2v) is 7.67. The molecule has 2 aromatic carbocycles. The summed E-state index contributed by atoms with van der Waals surface area (Å²) < 4.78 is 11.0. The zero-order valence-corrected chi connectivity index (χ0v) is 16.8. The molecule has 5 heteroatoms. The smallest absolute Gasteiger partial charge is 0.289 e. The summed E-state index contributed by atoms with van der Waals surface area (Å²) in [6.45, 7) is 1.62. The molecule has 30 heavy (non-hydrogen) atoms. The van der Waals surface area contributed by atoms with Crippen molar-refractivity contribution in [1.82, 2.24) is 4.90 Å². The molecule has 1 saturated heterocycles. The number of amides is 1. The molecule has 0 saturated carbocycles. The number of piperidine rings is 1. The van der Waals surface area contributed by atoms with Crippen LogP contribution in [-0.2, 0) is 13.0 Å². The zero-order valence-electron chi connectivity index (χ0n) is 16.8. The molecule has 0 spiro atoms. The summed E-state index contributed by atoms with van der Waals surface area (Å²) >= 11 is 0. The zero-order chi connectivity index (χ0) is 20.8. The van der Waals surface area contributed by atoms with Crippen LogP contribution in [0.4, 0.5) is 0 Å². The Morgan fingerprint density at radius 1 is 0.967 bits per heavy atom. The summed E-state index contributed by atoms with van der Waals surface area (Å²) in [4.78, 5) is 26.9. The SMILES string of the molecule is O=C(c1cc(=O)c(OCc2ccccc2)co1)N1CCC(Cc2ccccc2)CC1. The van der Waals surface area contributed by atoms with Crippen molar-refractivity contribution in [3.8, 4) is 5.75 Å². The standard InChI is InChI=1S/C25H25NO4/c27-22-16-23(30-18-24(22)29-17-21-9-5-2-6-10-21)25(28)26-13-11-20(12-14-26)15-19-7-3-1-4-8-19/h1-10,16,18,20H,11-15,17H2. The normalized spacial score (nSPS) is 14.5. The summed E-state index contributed by atoms with van der Waals surface area (Å²) in [5.41, 5.74) is 1.94. The Hall–Kier alpha value is -3.34. The summed E-state index contributed by atoms with van der Waals surface area (Å²) in [5, 5.41) is 0. The third-order valence-corrected chi connectivity index (χ3v) is 5.51. The van der Waals surface area contributed by atoms with E-state index in [0.29, 0.717) is 19.0 Å². The van der Waals surface area contributed by atoms with Crippen LogP contribution in [0.5, 0.6) is 5.75 Å². The Morgan fingerprint density at radius 3 is 2.23 bits per heavy atom. The molecule has 0 bridgehead atoms. The first-order valence-corrected chi connectivity index (χ1v) is 10.3. The van der Waals surface area contributed by atoms with Gasteiger partial charge in [-0.15, -0.1) is 0 Å². The first-order valence-electron chi connectivity index (χ1n) is 10.3. The Labute approximate surface area is 175 Å². The number of likely N-dealkylation sites (tertiary alicyclic amines) is 1. The quantitative estimate of drug-likeness (QED) is 0.615. The average Bonchev–Trinajstić information content (AvgIpc) is 2.80. The van der Waals surface area contributed by atoms with Crippen LogP contribution in [0.2, 0.25) is 0 Å². The van der Waals surface area contributed by atoms with Crippen LogP contribution in [0.1, 0.15) is 34.5 Å². The maximum Gasteiger partial charge on any atom is 0.289 e. The van der Waals surface area contributed by atoms with Gasteiger partial charge in [0.15, 0.2) is 5.76 Å². The number of benzene rings is 2. The van der Waals surface area contributed by atoms with Crippen molar-refractivity contribution in [1.29, 1.82) is 0 Å². The highest BCUT2D eigenvalue weighted by Gasteiger charge is 2.25. The van der Waals surface area contributed by atoms with Crippen LogP contribution >= 0.6 is 0 Å². The molecule has 0 unspecified atom stereocenters. The molecule has 1 fully saturated rings. The number of hydrogen-bond acceptors (Lipinski definition) is 4. The van der Waals surface area contributed by atoms with Crippen LogP contribution in [0, 0.1) is 5.92 Å². The van der Waals surface area contributed by atoms with Gasteiger partial charge < -0.3 is 14.1 Å². The molecule has 4 rings (SSSR count). The summed E-state index contributed by atoms with van der Waals surface area (Å²) in [5.74, 6) is 0.502. The molecule has 154 valence electrons. The van der Waals surface area contributed by atoms with Crippen molar-refractivity contribution in [2.75, 3.05) is 13.1 Å². The summed E-state index contributed by atoms with van der Waals surface area (Å²) in [6, 6.07) is 21.2. The fourth-order valence-corrected chi connectivity index (χ4v) is 3.80. The van der Waals surface area contributed by atoms with Crippen molar-refractivity contribution in [3.05, 3.63) is 100 Å². The predicted molar refractivity (Wildman–Crippen MR) is 115 cm³/mol. The number of rotatable bonds is 6. The molecule has 0 atom stereocenters. The maximum absolute atomic E-state index is 12.8. The van der Waals surface area contributed by atoms with Gasteiger partial charge in [0.1, 0.15) is 12.9 Å². The molecule has 0 aliphatic carbocycles. The molecule has 3 aromatic rings. The van der Waals surface area contributed by atoms with Crippen molar-refractivity contribution in [2.24, 2.45) is 5.92 Å². The van der Waals surface area contributed by atoms with E-state index in [4.69, 9.17) is 9.15 Å². The van der Waals surface area contributed by atoms with Gasteiger partial charge in [0.25, 0.3) is 5.91 Å². The Balaban J connectivity index is 1.32. The molecule has 1 aromatic heterocycles. The van der Waals surface area contributed by atoms with Gasteiger partial charge in [0, 0.05) is 19.2 Å². The van der Waals surface area contributed by atoms with Crippen molar-refractivity contribution >= 4 is 5.91 Å². The molecule has 1 aliphatic rings. The van der Waals surface area contributed by atoms with Crippen LogP contribution in [0.25, 0.3) is 0 Å². The van der Waals surface area contributed by atoms with Gasteiger partial charge in [-0.25, -0.2) is 0 Å². The van der Waals surface area contributed by atoms with Gasteiger partial charge in [0.05, 0.1) is 0 Å². The van der Waals surface area contributed by atoms with E-state index < -0.39 is 0 Å². The van der Waals surface area contributed by atoms with E-state index in [-0.39, 0.29) is 29.5 Å². The van der Waals surface area contributed by atoms with Crippen LogP contribution in [0.15, 0.2) is 82.2 Å². The molecule has 0 radical (unpaired) electrons. The van der Waals surface area contributed by atoms with Gasteiger partial charge >= 0.3 is 0 Å². The molecular weight excluding hydrogens is 378 g/mol. The van der Waals surface area contributed by atoms with E-state index >= 15 is 0 Å². The molecule has 2 heterocycles. The lowest BCUT2D eigenvalue weighted by molar-refractivity contribution is 0.0654. The lowest BCUT2D eigenvalue weighted by Gasteiger charge is -2.31. The molecule has 5 nitrogen and oxygen atoms in total. The van der Waals surface area contributed by atoms with Crippen molar-refractivity contribution in [2.45, 2.75) is 25.9 Å². The molecule has 1 amide bonds. The van der Waals surface area contributed by atoms with Gasteiger partial charge in [-0.05, 0) is 36.3 Å². The maximum atomic E-state index is 12.8. The van der Waals surface area contributed by atoms with E-state index in [0.717, 1.165) is 24.8 Å². The second-order valence-electron chi connectivity index (χ2n) is 7.67. The first-order chi connectivity index (χ1) is 14.7. The van der Waals surface area contributed by atoms with Crippen LogP contribution in [0.3, 0.4) is 0 Å². The monoisotopic (exact) mass is 403 g/mol. The predicted octanol–water partition coefficient (Wildman–Crippen LogP) is 4.31. The topological polar surface area (TPSA) is 59.8 Å². The lowest BCUT2D eigenvalue weighted by atomic mass is 9.90. The first kappa shape index (κ1) is 20.0. The van der Waals surface area contributed by atoms with E-state index in [9.17, 15) is 9.59 Å². The van der Waals surface area contributed by atoms with Crippen molar-refractivity contribution in [3.63, 3.8) is 0 Å². The highest BCUT2D eigenvalue weighted by atomic mass is 16.5. The fraction of sp³-hybridized carbons (Fsp3) is 0.280. The minimum atomic E-state index is -0.348. The van der Waals surface area contributed by atoms with Crippen molar-refractivity contribution < 1.29 is 13.9 Å². The average molecular weight is 403 g/mol. The van der Waals surface area contributed by atoms with Crippen LogP contribution in [-0.4, -0.2) is 23.9 Å². The van der Waals surface area contributed by atoms with Gasteiger partial charge in [0.2, 0.25) is 11.2 Å². The number of carbonyl (C=O) groups excluding carboxylic acids is 1. The number of hydrogen-bond donors (Lipinski definition) is 0. The fourth-order valence-electron chi connectivity index (χ4n) is 3.80. The Bertz CT molecular complexity index is 1020. The second kappa shape index (κ2) is 9.44. The number of carbonyl (C=O) groups is 1. The minimum absolute atomic E-state index is 0.0635. The Kier molecular flexibility index (Phi) is 6.28. The molecule has 1 aliphatic heterocycles. The molecule has 0 N–H and O–H groups in total. The van der Waals surface area contributed by atoms with E-state index in [1.165, 1.54) is 17.9 Å². The highest BCUT2D eigenvalue weighted by molar-refractivity contribution is 5.91. The highest BCUT2D eigenvalue weighted by Crippen LogP contribution is 2.23.